The Morgan fingerprint density at radius 3 is 2.76 bits per heavy atom. The summed E-state index contributed by atoms with van der Waals surface area (Å²) in [5.41, 5.74) is 6.88. The van der Waals surface area contributed by atoms with Crippen LogP contribution >= 0.6 is 0 Å². The SMILES string of the molecule is CC1CN(Cc2cccnc2)C1.COc1cc(-c2ccc3c(c2NC(C)=O)CCC3)ccn1.[HH].[HH]. The van der Waals surface area contributed by atoms with Crippen LogP contribution in [0.1, 0.15) is 39.8 Å². The maximum absolute atomic E-state index is 11.6. The molecule has 0 atom stereocenters. The maximum Gasteiger partial charge on any atom is 0.221 e. The van der Waals surface area contributed by atoms with E-state index >= 15 is 0 Å². The van der Waals surface area contributed by atoms with Gasteiger partial charge in [-0.15, -0.1) is 0 Å². The van der Waals surface area contributed by atoms with Gasteiger partial charge in [-0.3, -0.25) is 14.7 Å². The zero-order valence-electron chi connectivity index (χ0n) is 19.7. The predicted molar refractivity (Wildman–Crippen MR) is 135 cm³/mol. The van der Waals surface area contributed by atoms with E-state index in [0.717, 1.165) is 48.5 Å². The highest BCUT2D eigenvalue weighted by molar-refractivity contribution is 5.96. The zero-order chi connectivity index (χ0) is 23.2. The fourth-order valence-electron chi connectivity index (χ4n) is 4.62. The topological polar surface area (TPSA) is 67.3 Å². The van der Waals surface area contributed by atoms with Gasteiger partial charge >= 0.3 is 0 Å². The van der Waals surface area contributed by atoms with Gasteiger partial charge in [-0.05, 0) is 59.6 Å². The number of aromatic nitrogens is 2. The molecule has 6 nitrogen and oxygen atoms in total. The summed E-state index contributed by atoms with van der Waals surface area (Å²) in [6.45, 7) is 7.40. The van der Waals surface area contributed by atoms with Crippen molar-refractivity contribution < 1.29 is 12.4 Å². The number of hydrogen-bond acceptors (Lipinski definition) is 5. The molecule has 1 aromatic carbocycles. The first kappa shape index (κ1) is 22.9. The number of ether oxygens (including phenoxy) is 1. The maximum atomic E-state index is 11.6. The second kappa shape index (κ2) is 10.6. The number of nitrogens with zero attached hydrogens (tertiary/aromatic N) is 3. The number of methoxy groups -OCH3 is 1. The van der Waals surface area contributed by atoms with Crippen LogP contribution in [0.4, 0.5) is 5.69 Å². The summed E-state index contributed by atoms with van der Waals surface area (Å²) in [7, 11) is 1.60. The number of benzene rings is 1. The molecule has 0 unspecified atom stereocenters. The van der Waals surface area contributed by atoms with Crippen molar-refractivity contribution in [1.82, 2.24) is 14.9 Å². The molecule has 1 amide bonds. The Bertz CT molecular complexity index is 1110. The third-order valence-electron chi connectivity index (χ3n) is 6.11. The van der Waals surface area contributed by atoms with Crippen molar-refractivity contribution in [2.45, 2.75) is 39.7 Å². The largest absolute Gasteiger partial charge is 0.481 e. The molecule has 6 heteroatoms. The zero-order valence-corrected chi connectivity index (χ0v) is 19.7. The van der Waals surface area contributed by atoms with Crippen LogP contribution in [0.15, 0.2) is 55.0 Å². The highest BCUT2D eigenvalue weighted by Gasteiger charge is 2.22. The van der Waals surface area contributed by atoms with Crippen LogP contribution in [0.2, 0.25) is 0 Å². The van der Waals surface area contributed by atoms with Crippen molar-refractivity contribution >= 4 is 11.6 Å². The number of nitrogens with one attached hydrogen (secondary N) is 1. The predicted octanol–water partition coefficient (Wildman–Crippen LogP) is 5.23. The number of hydrogen-bond donors (Lipinski definition) is 1. The molecule has 1 fully saturated rings. The monoisotopic (exact) mass is 448 g/mol. The molecule has 2 aliphatic rings. The first-order valence-electron chi connectivity index (χ1n) is 11.6. The van der Waals surface area contributed by atoms with E-state index in [9.17, 15) is 4.79 Å². The van der Waals surface area contributed by atoms with Crippen LogP contribution in [-0.2, 0) is 24.2 Å². The van der Waals surface area contributed by atoms with Crippen LogP contribution in [0.3, 0.4) is 0 Å². The van der Waals surface area contributed by atoms with Crippen LogP contribution in [-0.4, -0.2) is 41.0 Å². The molecule has 3 heterocycles. The average molecular weight is 449 g/mol. The van der Waals surface area contributed by atoms with Gasteiger partial charge in [0.05, 0.1) is 12.8 Å². The lowest BCUT2D eigenvalue weighted by Crippen LogP contribution is -2.44. The average Bonchev–Trinajstić information content (AvgIpc) is 3.29. The fraction of sp³-hybridized carbons (Fsp3) is 0.370. The molecule has 2 aromatic heterocycles. The summed E-state index contributed by atoms with van der Waals surface area (Å²) in [5.74, 6) is 1.42. The lowest BCUT2D eigenvalue weighted by molar-refractivity contribution is -0.114. The molecule has 0 spiro atoms. The summed E-state index contributed by atoms with van der Waals surface area (Å²) < 4.78 is 5.19. The van der Waals surface area contributed by atoms with Gasteiger partial charge in [0.25, 0.3) is 0 Å². The number of pyridine rings is 2. The summed E-state index contributed by atoms with van der Waals surface area (Å²) in [6.07, 6.45) is 8.73. The third kappa shape index (κ3) is 5.76. The van der Waals surface area contributed by atoms with E-state index in [1.54, 1.807) is 20.2 Å². The van der Waals surface area contributed by atoms with Crippen LogP contribution in [0.25, 0.3) is 11.1 Å². The number of amides is 1. The fourth-order valence-corrected chi connectivity index (χ4v) is 4.62. The molecule has 5 rings (SSSR count). The Kier molecular flexibility index (Phi) is 7.35. The van der Waals surface area contributed by atoms with E-state index < -0.39 is 0 Å². The van der Waals surface area contributed by atoms with Gasteiger partial charge in [0.15, 0.2) is 0 Å². The third-order valence-corrected chi connectivity index (χ3v) is 6.11. The Balaban J connectivity index is 0.000000265. The number of aryl methyl sites for hydroxylation is 1. The molecule has 176 valence electrons. The van der Waals surface area contributed by atoms with E-state index in [1.165, 1.54) is 29.8 Å². The lowest BCUT2D eigenvalue weighted by Gasteiger charge is -2.37. The van der Waals surface area contributed by atoms with Crippen molar-refractivity contribution in [3.63, 3.8) is 0 Å². The normalized spacial score (nSPS) is 15.1. The summed E-state index contributed by atoms with van der Waals surface area (Å²) >= 11 is 0. The van der Waals surface area contributed by atoms with E-state index in [4.69, 9.17) is 4.74 Å². The van der Waals surface area contributed by atoms with Crippen molar-refractivity contribution in [3.8, 4) is 17.0 Å². The van der Waals surface area contributed by atoms with Gasteiger partial charge in [0, 0.05) is 59.6 Å². The van der Waals surface area contributed by atoms with Gasteiger partial charge in [0.1, 0.15) is 0 Å². The minimum Gasteiger partial charge on any atom is -0.481 e. The quantitative estimate of drug-likeness (QED) is 0.579. The molecule has 0 bridgehead atoms. The molecule has 1 aliphatic heterocycles. The van der Waals surface area contributed by atoms with Crippen molar-refractivity contribution in [2.75, 3.05) is 25.5 Å². The minimum absolute atomic E-state index is 0. The Labute approximate surface area is 199 Å². The van der Waals surface area contributed by atoms with Crippen molar-refractivity contribution in [1.29, 1.82) is 0 Å². The van der Waals surface area contributed by atoms with Gasteiger partial charge < -0.3 is 10.1 Å². The van der Waals surface area contributed by atoms with Gasteiger partial charge in [-0.25, -0.2) is 4.98 Å². The number of carbonyl (C=O) groups is 1. The van der Waals surface area contributed by atoms with Crippen LogP contribution in [0.5, 0.6) is 5.88 Å². The lowest BCUT2D eigenvalue weighted by atomic mass is 9.98. The summed E-state index contributed by atoms with van der Waals surface area (Å²) in [4.78, 5) is 22.2. The van der Waals surface area contributed by atoms with Crippen LogP contribution in [0, 0.1) is 5.92 Å². The van der Waals surface area contributed by atoms with E-state index in [-0.39, 0.29) is 8.76 Å². The number of carbonyl (C=O) groups excluding carboxylic acids is 1. The molecule has 0 saturated carbocycles. The highest BCUT2D eigenvalue weighted by Crippen LogP contribution is 2.38. The van der Waals surface area contributed by atoms with E-state index in [2.05, 4.69) is 45.3 Å². The van der Waals surface area contributed by atoms with Crippen LogP contribution < -0.4 is 10.1 Å². The van der Waals surface area contributed by atoms with Gasteiger partial charge in [-0.2, -0.15) is 0 Å². The number of anilines is 1. The molecule has 1 N–H and O–H groups in total. The Hall–Kier alpha value is -3.25. The second-order valence-corrected chi connectivity index (χ2v) is 8.91. The number of rotatable bonds is 5. The molecule has 3 aromatic rings. The summed E-state index contributed by atoms with van der Waals surface area (Å²) in [6, 6.07) is 12.2. The second-order valence-electron chi connectivity index (χ2n) is 8.91. The highest BCUT2D eigenvalue weighted by atomic mass is 16.5. The first-order chi connectivity index (χ1) is 16.0. The van der Waals surface area contributed by atoms with Crippen molar-refractivity contribution in [2.24, 2.45) is 5.92 Å². The Morgan fingerprint density at radius 1 is 1.21 bits per heavy atom. The van der Waals surface area contributed by atoms with Gasteiger partial charge in [-0.1, -0.05) is 25.1 Å². The minimum atomic E-state index is -0.0439. The molecule has 0 radical (unpaired) electrons. The van der Waals surface area contributed by atoms with Gasteiger partial charge in [0.2, 0.25) is 11.8 Å². The smallest absolute Gasteiger partial charge is 0.221 e. The standard InChI is InChI=1S/C17H18N2O2.C10H14N2.2H2/c1-11(20)19-17-14-5-3-4-12(14)6-7-15(17)13-8-9-18-16(10-13)21-2;1-9-6-12(7-9)8-10-3-2-4-11-5-10;;/h6-10H,3-5H2,1-2H3,(H,19,20);2-5,9H,6-8H2,1H3;2*1H. The molecular weight excluding hydrogens is 412 g/mol. The molecule has 1 saturated heterocycles. The summed E-state index contributed by atoms with van der Waals surface area (Å²) in [5, 5.41) is 3.01. The molecule has 33 heavy (non-hydrogen) atoms. The Morgan fingerprint density at radius 2 is 2.06 bits per heavy atom. The van der Waals surface area contributed by atoms with E-state index in [0.29, 0.717) is 5.88 Å². The first-order valence-corrected chi connectivity index (χ1v) is 11.6. The molecule has 1 aliphatic carbocycles. The van der Waals surface area contributed by atoms with Crippen molar-refractivity contribution in [3.05, 3.63) is 71.7 Å². The molecular formula is C27H36N4O2. The number of likely N-dealkylation sites (tertiary alicyclic amines) is 1. The van der Waals surface area contributed by atoms with E-state index in [1.807, 2.05) is 30.6 Å². The number of fused-ring (bicyclic) bond motifs is 1.